The van der Waals surface area contributed by atoms with E-state index < -0.39 is 11.9 Å². The average molecular weight is 190 g/mol. The van der Waals surface area contributed by atoms with Crippen molar-refractivity contribution in [3.8, 4) is 0 Å². The molecular formula is C10H10N2O2. The van der Waals surface area contributed by atoms with Crippen molar-refractivity contribution >= 4 is 17.0 Å². The molecule has 1 aromatic heterocycles. The number of benzene rings is 1. The number of H-pyrrole nitrogens is 1. The van der Waals surface area contributed by atoms with Gasteiger partial charge in [0.15, 0.2) is 0 Å². The highest BCUT2D eigenvalue weighted by Gasteiger charge is 2.17. The standard InChI is InChI=1S/C10H10N2O2/c1-6(10(13)14)9-11-7-4-2-3-5-8(7)12-9/h2-6H,1H3,(H,11,12)(H,13,14). The highest BCUT2D eigenvalue weighted by molar-refractivity contribution is 5.79. The lowest BCUT2D eigenvalue weighted by molar-refractivity contribution is -0.138. The Balaban J connectivity index is 2.50. The molecule has 0 aliphatic carbocycles. The van der Waals surface area contributed by atoms with Gasteiger partial charge < -0.3 is 10.1 Å². The van der Waals surface area contributed by atoms with E-state index in [0.717, 1.165) is 11.0 Å². The summed E-state index contributed by atoms with van der Waals surface area (Å²) in [5.74, 6) is -0.967. The van der Waals surface area contributed by atoms with Crippen molar-refractivity contribution in [1.29, 1.82) is 0 Å². The predicted octanol–water partition coefficient (Wildman–Crippen LogP) is 1.75. The number of aromatic nitrogens is 2. The van der Waals surface area contributed by atoms with E-state index in [-0.39, 0.29) is 0 Å². The summed E-state index contributed by atoms with van der Waals surface area (Å²) in [4.78, 5) is 17.9. The fourth-order valence-corrected chi connectivity index (χ4v) is 1.29. The summed E-state index contributed by atoms with van der Waals surface area (Å²) < 4.78 is 0. The first-order chi connectivity index (χ1) is 6.68. The first-order valence-electron chi connectivity index (χ1n) is 4.36. The number of carboxylic acids is 1. The Bertz CT molecular complexity index is 443. The zero-order valence-electron chi connectivity index (χ0n) is 7.69. The van der Waals surface area contributed by atoms with Crippen molar-refractivity contribution in [2.24, 2.45) is 0 Å². The van der Waals surface area contributed by atoms with Crippen LogP contribution in [-0.2, 0) is 4.79 Å². The van der Waals surface area contributed by atoms with Gasteiger partial charge in [-0.15, -0.1) is 0 Å². The van der Waals surface area contributed by atoms with Gasteiger partial charge in [0.1, 0.15) is 11.7 Å². The highest BCUT2D eigenvalue weighted by atomic mass is 16.4. The number of fused-ring (bicyclic) bond motifs is 1. The van der Waals surface area contributed by atoms with Crippen molar-refractivity contribution < 1.29 is 9.90 Å². The fraction of sp³-hybridized carbons (Fsp3) is 0.200. The molecule has 0 saturated carbocycles. The normalized spacial score (nSPS) is 12.9. The second kappa shape index (κ2) is 3.14. The van der Waals surface area contributed by atoms with Gasteiger partial charge >= 0.3 is 5.97 Å². The van der Waals surface area contributed by atoms with E-state index in [9.17, 15) is 4.79 Å². The molecule has 2 N–H and O–H groups in total. The molecule has 4 heteroatoms. The van der Waals surface area contributed by atoms with Gasteiger partial charge in [-0.3, -0.25) is 4.79 Å². The topological polar surface area (TPSA) is 66.0 Å². The van der Waals surface area contributed by atoms with Gasteiger partial charge in [-0.1, -0.05) is 12.1 Å². The minimum absolute atomic E-state index is 0.499. The molecule has 72 valence electrons. The van der Waals surface area contributed by atoms with Crippen LogP contribution in [0.5, 0.6) is 0 Å². The molecular weight excluding hydrogens is 180 g/mol. The lowest BCUT2D eigenvalue weighted by Gasteiger charge is -1.99. The Morgan fingerprint density at radius 3 is 2.86 bits per heavy atom. The predicted molar refractivity (Wildman–Crippen MR) is 52.1 cm³/mol. The Labute approximate surface area is 80.6 Å². The van der Waals surface area contributed by atoms with Gasteiger partial charge in [0.05, 0.1) is 11.0 Å². The zero-order valence-corrected chi connectivity index (χ0v) is 7.69. The second-order valence-electron chi connectivity index (χ2n) is 3.20. The summed E-state index contributed by atoms with van der Waals surface area (Å²) in [5, 5.41) is 8.80. The van der Waals surface area contributed by atoms with Crippen LogP contribution < -0.4 is 0 Å². The number of hydrogen-bond donors (Lipinski definition) is 2. The third-order valence-electron chi connectivity index (χ3n) is 2.19. The maximum atomic E-state index is 10.7. The number of carbonyl (C=O) groups is 1. The SMILES string of the molecule is CC(C(=O)O)c1nc2ccccc2[nH]1. The molecule has 0 spiro atoms. The number of imidazole rings is 1. The number of aromatic amines is 1. The van der Waals surface area contributed by atoms with Crippen LogP contribution >= 0.6 is 0 Å². The largest absolute Gasteiger partial charge is 0.481 e. The molecule has 1 atom stereocenters. The maximum absolute atomic E-state index is 10.7. The highest BCUT2D eigenvalue weighted by Crippen LogP contribution is 2.16. The summed E-state index contributed by atoms with van der Waals surface area (Å²) >= 11 is 0. The summed E-state index contributed by atoms with van der Waals surface area (Å²) in [6.07, 6.45) is 0. The smallest absolute Gasteiger partial charge is 0.313 e. The molecule has 2 rings (SSSR count). The van der Waals surface area contributed by atoms with Crippen molar-refractivity contribution in [1.82, 2.24) is 9.97 Å². The number of para-hydroxylation sites is 2. The molecule has 0 aliphatic heterocycles. The van der Waals surface area contributed by atoms with Crippen LogP contribution in [0.2, 0.25) is 0 Å². The molecule has 1 heterocycles. The molecule has 0 bridgehead atoms. The third-order valence-corrected chi connectivity index (χ3v) is 2.19. The van der Waals surface area contributed by atoms with Crippen LogP contribution in [0.4, 0.5) is 0 Å². The monoisotopic (exact) mass is 190 g/mol. The van der Waals surface area contributed by atoms with E-state index in [4.69, 9.17) is 5.11 Å². The molecule has 2 aromatic rings. The van der Waals surface area contributed by atoms with E-state index in [1.807, 2.05) is 24.3 Å². The van der Waals surface area contributed by atoms with E-state index >= 15 is 0 Å². The number of rotatable bonds is 2. The van der Waals surface area contributed by atoms with Crippen molar-refractivity contribution in [3.63, 3.8) is 0 Å². The Morgan fingerprint density at radius 1 is 1.50 bits per heavy atom. The van der Waals surface area contributed by atoms with E-state index in [0.29, 0.717) is 5.82 Å². The molecule has 14 heavy (non-hydrogen) atoms. The van der Waals surface area contributed by atoms with E-state index in [1.54, 1.807) is 6.92 Å². The number of hydrogen-bond acceptors (Lipinski definition) is 2. The van der Waals surface area contributed by atoms with Gasteiger partial charge in [0, 0.05) is 0 Å². The summed E-state index contributed by atoms with van der Waals surface area (Å²) in [7, 11) is 0. The number of aliphatic carboxylic acids is 1. The Morgan fingerprint density at radius 2 is 2.21 bits per heavy atom. The quantitative estimate of drug-likeness (QED) is 0.758. The van der Waals surface area contributed by atoms with Crippen LogP contribution in [-0.4, -0.2) is 21.0 Å². The molecule has 0 amide bonds. The first-order valence-corrected chi connectivity index (χ1v) is 4.36. The molecule has 1 unspecified atom stereocenters. The van der Waals surface area contributed by atoms with Gasteiger partial charge in [-0.05, 0) is 19.1 Å². The van der Waals surface area contributed by atoms with Crippen molar-refractivity contribution in [2.75, 3.05) is 0 Å². The van der Waals surface area contributed by atoms with E-state index in [2.05, 4.69) is 9.97 Å². The maximum Gasteiger partial charge on any atom is 0.313 e. The van der Waals surface area contributed by atoms with Crippen LogP contribution in [0.3, 0.4) is 0 Å². The summed E-state index contributed by atoms with van der Waals surface area (Å²) in [6.45, 7) is 1.61. The summed E-state index contributed by atoms with van der Waals surface area (Å²) in [6, 6.07) is 7.48. The Hall–Kier alpha value is -1.84. The summed E-state index contributed by atoms with van der Waals surface area (Å²) in [5.41, 5.74) is 1.67. The molecule has 0 aliphatic rings. The van der Waals surface area contributed by atoms with Crippen molar-refractivity contribution in [3.05, 3.63) is 30.1 Å². The van der Waals surface area contributed by atoms with E-state index in [1.165, 1.54) is 0 Å². The number of carboxylic acid groups (broad SMARTS) is 1. The first kappa shape index (κ1) is 8.74. The second-order valence-corrected chi connectivity index (χ2v) is 3.20. The molecule has 0 saturated heterocycles. The third kappa shape index (κ3) is 1.35. The van der Waals surface area contributed by atoms with Crippen LogP contribution in [0.25, 0.3) is 11.0 Å². The lowest BCUT2D eigenvalue weighted by atomic mass is 10.2. The minimum Gasteiger partial charge on any atom is -0.481 e. The average Bonchev–Trinajstić information content (AvgIpc) is 2.59. The van der Waals surface area contributed by atoms with Crippen LogP contribution in [0.15, 0.2) is 24.3 Å². The number of nitrogens with zero attached hydrogens (tertiary/aromatic N) is 1. The van der Waals surface area contributed by atoms with Crippen molar-refractivity contribution in [2.45, 2.75) is 12.8 Å². The number of nitrogens with one attached hydrogen (secondary N) is 1. The van der Waals surface area contributed by atoms with Crippen LogP contribution in [0.1, 0.15) is 18.7 Å². The van der Waals surface area contributed by atoms with Gasteiger partial charge in [0.25, 0.3) is 0 Å². The van der Waals surface area contributed by atoms with Gasteiger partial charge in [-0.25, -0.2) is 4.98 Å². The minimum atomic E-state index is -0.871. The molecule has 4 nitrogen and oxygen atoms in total. The van der Waals surface area contributed by atoms with Gasteiger partial charge in [-0.2, -0.15) is 0 Å². The Kier molecular flexibility index (Phi) is 1.96. The van der Waals surface area contributed by atoms with Crippen LogP contribution in [0, 0.1) is 0 Å². The fourth-order valence-electron chi connectivity index (χ4n) is 1.29. The van der Waals surface area contributed by atoms with Gasteiger partial charge in [0.2, 0.25) is 0 Å². The molecule has 1 aromatic carbocycles. The molecule has 0 fully saturated rings. The zero-order chi connectivity index (χ0) is 10.1. The molecule has 0 radical (unpaired) electrons. The lowest BCUT2D eigenvalue weighted by Crippen LogP contribution is -2.08.